The molecule has 1 saturated heterocycles. The van der Waals surface area contributed by atoms with Crippen molar-refractivity contribution < 1.29 is 4.74 Å². The zero-order valence-electron chi connectivity index (χ0n) is 10.1. The van der Waals surface area contributed by atoms with Crippen LogP contribution >= 0.6 is 11.3 Å². The fourth-order valence-electron chi connectivity index (χ4n) is 2.06. The third-order valence-corrected chi connectivity index (χ3v) is 4.56. The van der Waals surface area contributed by atoms with Crippen LogP contribution in [0.5, 0.6) is 0 Å². The molecule has 1 aromatic carbocycles. The maximum absolute atomic E-state index is 5.79. The lowest BCUT2D eigenvalue weighted by Crippen LogP contribution is -1.80. The first kappa shape index (κ1) is 11.0. The van der Waals surface area contributed by atoms with Gasteiger partial charge in [-0.1, -0.05) is 44.2 Å². The molecule has 2 heteroatoms. The number of hydrogen-bond acceptors (Lipinski definition) is 2. The van der Waals surface area contributed by atoms with Gasteiger partial charge in [0.25, 0.3) is 0 Å². The average Bonchev–Trinajstić information content (AvgIpc) is 2.99. The van der Waals surface area contributed by atoms with Gasteiger partial charge in [-0.25, -0.2) is 0 Å². The lowest BCUT2D eigenvalue weighted by molar-refractivity contribution is 0.379. The monoisotopic (exact) mass is 244 g/mol. The van der Waals surface area contributed by atoms with E-state index < -0.39 is 0 Å². The largest absolute Gasteiger partial charge is 0.359 e. The number of epoxide rings is 1. The van der Waals surface area contributed by atoms with Gasteiger partial charge in [0.2, 0.25) is 0 Å². The van der Waals surface area contributed by atoms with Crippen LogP contribution in [0.4, 0.5) is 0 Å². The van der Waals surface area contributed by atoms with Gasteiger partial charge in [-0.15, -0.1) is 11.3 Å². The van der Waals surface area contributed by atoms with E-state index in [1.165, 1.54) is 15.3 Å². The number of thiophene rings is 1. The van der Waals surface area contributed by atoms with Crippen LogP contribution in [0.2, 0.25) is 0 Å². The van der Waals surface area contributed by atoms with E-state index >= 15 is 0 Å². The summed E-state index contributed by atoms with van der Waals surface area (Å²) in [6.45, 7) is 4.47. The van der Waals surface area contributed by atoms with E-state index in [0.717, 1.165) is 0 Å². The molecule has 2 unspecified atom stereocenters. The topological polar surface area (TPSA) is 12.5 Å². The molecule has 88 valence electrons. The van der Waals surface area contributed by atoms with Crippen molar-refractivity contribution in [2.24, 2.45) is 0 Å². The summed E-state index contributed by atoms with van der Waals surface area (Å²) in [6.07, 6.45) is 0.560. The lowest BCUT2D eigenvalue weighted by Gasteiger charge is -1.97. The van der Waals surface area contributed by atoms with Gasteiger partial charge < -0.3 is 4.74 Å². The van der Waals surface area contributed by atoms with Crippen LogP contribution in [-0.4, -0.2) is 0 Å². The molecular formula is C15H16OS. The Labute approximate surface area is 106 Å². The Kier molecular flexibility index (Phi) is 2.77. The second-order valence-corrected chi connectivity index (χ2v) is 5.93. The molecule has 0 N–H and O–H groups in total. The molecule has 0 saturated carbocycles. The van der Waals surface area contributed by atoms with E-state index in [1.54, 1.807) is 0 Å². The van der Waals surface area contributed by atoms with E-state index in [2.05, 4.69) is 50.2 Å². The Bertz CT molecular complexity index is 501. The van der Waals surface area contributed by atoms with Gasteiger partial charge in [-0.05, 0) is 23.6 Å². The molecule has 1 aliphatic rings. The minimum Gasteiger partial charge on any atom is -0.359 e. The SMILES string of the molecule is CC(C)c1ccc(C2OC2c2ccccc2)s1. The van der Waals surface area contributed by atoms with Crippen molar-refractivity contribution in [1.82, 2.24) is 0 Å². The number of ether oxygens (including phenoxy) is 1. The molecule has 0 amide bonds. The first-order chi connectivity index (χ1) is 8.25. The van der Waals surface area contributed by atoms with Crippen molar-refractivity contribution in [1.29, 1.82) is 0 Å². The van der Waals surface area contributed by atoms with Gasteiger partial charge in [-0.3, -0.25) is 0 Å². The van der Waals surface area contributed by atoms with Gasteiger partial charge in [0.05, 0.1) is 0 Å². The third-order valence-electron chi connectivity index (χ3n) is 3.12. The van der Waals surface area contributed by atoms with Crippen molar-refractivity contribution in [2.45, 2.75) is 32.0 Å². The van der Waals surface area contributed by atoms with Crippen LogP contribution in [0.15, 0.2) is 42.5 Å². The summed E-state index contributed by atoms with van der Waals surface area (Å²) >= 11 is 1.88. The Hall–Kier alpha value is -1.12. The predicted octanol–water partition coefficient (Wildman–Crippen LogP) is 4.68. The zero-order valence-corrected chi connectivity index (χ0v) is 10.9. The summed E-state index contributed by atoms with van der Waals surface area (Å²) in [6, 6.07) is 14.9. The summed E-state index contributed by atoms with van der Waals surface area (Å²) in [5, 5.41) is 0. The third kappa shape index (κ3) is 2.15. The number of rotatable bonds is 3. The molecular weight excluding hydrogens is 228 g/mol. The Morgan fingerprint density at radius 3 is 2.41 bits per heavy atom. The molecule has 3 rings (SSSR count). The fourth-order valence-corrected chi connectivity index (χ4v) is 3.13. The summed E-state index contributed by atoms with van der Waals surface area (Å²) in [5.41, 5.74) is 1.29. The highest BCUT2D eigenvalue weighted by Gasteiger charge is 2.42. The van der Waals surface area contributed by atoms with Crippen molar-refractivity contribution in [2.75, 3.05) is 0 Å². The molecule has 1 nitrogen and oxygen atoms in total. The van der Waals surface area contributed by atoms with E-state index in [1.807, 2.05) is 17.4 Å². The lowest BCUT2D eigenvalue weighted by atomic mass is 10.1. The van der Waals surface area contributed by atoms with Gasteiger partial charge >= 0.3 is 0 Å². The molecule has 2 heterocycles. The van der Waals surface area contributed by atoms with Crippen molar-refractivity contribution >= 4 is 11.3 Å². The quantitative estimate of drug-likeness (QED) is 0.714. The van der Waals surface area contributed by atoms with Crippen LogP contribution in [-0.2, 0) is 4.74 Å². The molecule has 0 aliphatic carbocycles. The second kappa shape index (κ2) is 4.28. The van der Waals surface area contributed by atoms with E-state index in [9.17, 15) is 0 Å². The number of benzene rings is 1. The normalized spacial score (nSPS) is 23.0. The van der Waals surface area contributed by atoms with Gasteiger partial charge in [0, 0.05) is 9.75 Å². The van der Waals surface area contributed by atoms with Crippen LogP contribution in [0.25, 0.3) is 0 Å². The van der Waals surface area contributed by atoms with Crippen molar-refractivity contribution in [3.05, 3.63) is 57.8 Å². The Morgan fingerprint density at radius 1 is 1.00 bits per heavy atom. The van der Waals surface area contributed by atoms with Crippen LogP contribution in [0.1, 0.15) is 47.3 Å². The highest BCUT2D eigenvalue weighted by Crippen LogP contribution is 2.52. The van der Waals surface area contributed by atoms with Crippen molar-refractivity contribution in [3.63, 3.8) is 0 Å². The summed E-state index contributed by atoms with van der Waals surface area (Å²) in [5.74, 6) is 0.614. The molecule has 2 atom stereocenters. The first-order valence-corrected chi connectivity index (χ1v) is 6.87. The molecule has 1 fully saturated rings. The minimum absolute atomic E-state index is 0.273. The molecule has 0 radical (unpaired) electrons. The average molecular weight is 244 g/mol. The highest BCUT2D eigenvalue weighted by atomic mass is 32.1. The summed E-state index contributed by atoms with van der Waals surface area (Å²) in [7, 11) is 0. The predicted molar refractivity (Wildman–Crippen MR) is 71.4 cm³/mol. The minimum atomic E-state index is 0.273. The summed E-state index contributed by atoms with van der Waals surface area (Å²) < 4.78 is 5.79. The van der Waals surface area contributed by atoms with E-state index in [4.69, 9.17) is 4.74 Å². The Balaban J connectivity index is 1.76. The van der Waals surface area contributed by atoms with Crippen LogP contribution in [0, 0.1) is 0 Å². The fraction of sp³-hybridized carbons (Fsp3) is 0.333. The molecule has 1 aromatic heterocycles. The first-order valence-electron chi connectivity index (χ1n) is 6.06. The Morgan fingerprint density at radius 2 is 1.76 bits per heavy atom. The second-order valence-electron chi connectivity index (χ2n) is 4.78. The van der Waals surface area contributed by atoms with Gasteiger partial charge in [0.1, 0.15) is 12.2 Å². The van der Waals surface area contributed by atoms with Crippen LogP contribution in [0.3, 0.4) is 0 Å². The van der Waals surface area contributed by atoms with Crippen LogP contribution < -0.4 is 0 Å². The van der Waals surface area contributed by atoms with E-state index in [-0.39, 0.29) is 12.2 Å². The molecule has 2 aromatic rings. The molecule has 0 bridgehead atoms. The summed E-state index contributed by atoms with van der Waals surface area (Å²) in [4.78, 5) is 2.81. The molecule has 17 heavy (non-hydrogen) atoms. The smallest absolute Gasteiger partial charge is 0.123 e. The molecule has 1 aliphatic heterocycles. The van der Waals surface area contributed by atoms with Gasteiger partial charge in [0.15, 0.2) is 0 Å². The standard InChI is InChI=1S/C15H16OS/c1-10(2)12-8-9-13(17-12)15-14(16-15)11-6-4-3-5-7-11/h3-10,14-15H,1-2H3. The highest BCUT2D eigenvalue weighted by molar-refractivity contribution is 7.12. The zero-order chi connectivity index (χ0) is 11.8. The molecule has 0 spiro atoms. The maximum Gasteiger partial charge on any atom is 0.123 e. The van der Waals surface area contributed by atoms with Crippen molar-refractivity contribution in [3.8, 4) is 0 Å². The maximum atomic E-state index is 5.79. The van der Waals surface area contributed by atoms with E-state index in [0.29, 0.717) is 5.92 Å². The van der Waals surface area contributed by atoms with Gasteiger partial charge in [-0.2, -0.15) is 0 Å². The number of hydrogen-bond donors (Lipinski definition) is 0.